The molecule has 0 amide bonds. The van der Waals surface area contributed by atoms with Crippen LogP contribution in [0, 0.1) is 11.7 Å². The van der Waals surface area contributed by atoms with Gasteiger partial charge in [0, 0.05) is 31.2 Å². The van der Waals surface area contributed by atoms with Crippen LogP contribution in [0.3, 0.4) is 0 Å². The molecular formula is C19H23ClF2N4O3. The molecule has 1 saturated heterocycles. The highest BCUT2D eigenvalue weighted by Crippen LogP contribution is 2.37. The van der Waals surface area contributed by atoms with Crippen molar-refractivity contribution >= 4 is 35.2 Å². The van der Waals surface area contributed by atoms with Crippen molar-refractivity contribution < 1.29 is 18.7 Å². The Bertz CT molecular complexity index is 996. The van der Waals surface area contributed by atoms with Crippen LogP contribution in [0.25, 0.3) is 11.0 Å². The normalized spacial score (nSPS) is 21.4. The van der Waals surface area contributed by atoms with Crippen LogP contribution in [0.1, 0.15) is 36.2 Å². The molecule has 158 valence electrons. The number of hydrogen-bond acceptors (Lipinski definition) is 5. The van der Waals surface area contributed by atoms with Crippen LogP contribution in [0.15, 0.2) is 17.1 Å². The van der Waals surface area contributed by atoms with Gasteiger partial charge in [-0.25, -0.2) is 18.6 Å². The zero-order valence-corrected chi connectivity index (χ0v) is 16.7. The van der Waals surface area contributed by atoms with Gasteiger partial charge in [-0.2, -0.15) is 0 Å². The fourth-order valence-electron chi connectivity index (χ4n) is 3.77. The number of rotatable bonds is 6. The summed E-state index contributed by atoms with van der Waals surface area (Å²) in [5.74, 6) is -2.36. The van der Waals surface area contributed by atoms with Gasteiger partial charge in [0.15, 0.2) is 11.6 Å². The Morgan fingerprint density at radius 2 is 2.10 bits per heavy atom. The van der Waals surface area contributed by atoms with Crippen LogP contribution in [0.4, 0.5) is 14.6 Å². The number of nitrogens with one attached hydrogen (secondary N) is 1. The molecule has 0 spiro atoms. The molecule has 2 aromatic heterocycles. The Morgan fingerprint density at radius 1 is 1.38 bits per heavy atom. The van der Waals surface area contributed by atoms with E-state index in [2.05, 4.69) is 10.3 Å². The Morgan fingerprint density at radius 3 is 2.72 bits per heavy atom. The standard InChI is InChI=1S/C19H22F2N4O3.ClH/c1-2-22-6-10-7-24(9-15(10)21)18-14(20)5-12-16(26)13(19(27)28)8-25(11-3-4-11)17(12)23-18;/h5,8,10-11,15,22H,2-4,6-7,9H2,1H3,(H,27,28);1H/t10-,15+;/m0./s1. The van der Waals surface area contributed by atoms with Crippen molar-refractivity contribution in [1.29, 1.82) is 0 Å². The third-order valence-corrected chi connectivity index (χ3v) is 5.43. The average Bonchev–Trinajstić information content (AvgIpc) is 3.43. The van der Waals surface area contributed by atoms with Gasteiger partial charge in [0.05, 0.1) is 11.9 Å². The van der Waals surface area contributed by atoms with E-state index in [0.717, 1.165) is 25.5 Å². The summed E-state index contributed by atoms with van der Waals surface area (Å²) in [6.07, 6.45) is 1.87. The Balaban J connectivity index is 0.00000240. The molecule has 1 aliphatic carbocycles. The summed E-state index contributed by atoms with van der Waals surface area (Å²) in [6.45, 7) is 3.52. The van der Waals surface area contributed by atoms with Crippen molar-refractivity contribution in [3.63, 3.8) is 0 Å². The molecule has 1 saturated carbocycles. The first-order valence-corrected chi connectivity index (χ1v) is 9.49. The Kier molecular flexibility index (Phi) is 6.09. The summed E-state index contributed by atoms with van der Waals surface area (Å²) in [6, 6.07) is 1.08. The lowest BCUT2D eigenvalue weighted by molar-refractivity contribution is 0.0695. The predicted molar refractivity (Wildman–Crippen MR) is 108 cm³/mol. The molecule has 4 rings (SSSR count). The van der Waals surface area contributed by atoms with Gasteiger partial charge in [-0.05, 0) is 25.5 Å². The van der Waals surface area contributed by atoms with Gasteiger partial charge in [-0.15, -0.1) is 12.4 Å². The third kappa shape index (κ3) is 3.93. The molecule has 0 unspecified atom stereocenters. The zero-order chi connectivity index (χ0) is 20.0. The smallest absolute Gasteiger partial charge is 0.341 e. The summed E-state index contributed by atoms with van der Waals surface area (Å²) >= 11 is 0. The van der Waals surface area contributed by atoms with E-state index < -0.39 is 29.0 Å². The highest BCUT2D eigenvalue weighted by molar-refractivity contribution is 5.92. The Labute approximate surface area is 172 Å². The summed E-state index contributed by atoms with van der Waals surface area (Å²) in [4.78, 5) is 29.8. The first-order chi connectivity index (χ1) is 13.4. The minimum atomic E-state index is -1.35. The number of pyridine rings is 2. The van der Waals surface area contributed by atoms with Crippen LogP contribution in [0.5, 0.6) is 0 Å². The molecule has 10 heteroatoms. The number of aromatic nitrogens is 2. The van der Waals surface area contributed by atoms with Crippen LogP contribution in [0.2, 0.25) is 0 Å². The quantitative estimate of drug-likeness (QED) is 0.734. The highest BCUT2D eigenvalue weighted by Gasteiger charge is 2.35. The lowest BCUT2D eigenvalue weighted by Crippen LogP contribution is -2.29. The van der Waals surface area contributed by atoms with Crippen molar-refractivity contribution in [2.24, 2.45) is 5.92 Å². The van der Waals surface area contributed by atoms with E-state index in [4.69, 9.17) is 0 Å². The lowest BCUT2D eigenvalue weighted by Gasteiger charge is -2.20. The average molecular weight is 429 g/mol. The largest absolute Gasteiger partial charge is 0.477 e. The van der Waals surface area contributed by atoms with Gasteiger partial charge in [0.25, 0.3) is 0 Å². The van der Waals surface area contributed by atoms with Gasteiger partial charge in [-0.1, -0.05) is 6.92 Å². The lowest BCUT2D eigenvalue weighted by atomic mass is 10.1. The maximum Gasteiger partial charge on any atom is 0.341 e. The molecule has 0 radical (unpaired) electrons. The van der Waals surface area contributed by atoms with Gasteiger partial charge in [-0.3, -0.25) is 4.79 Å². The van der Waals surface area contributed by atoms with Crippen LogP contribution < -0.4 is 15.6 Å². The monoisotopic (exact) mass is 428 g/mol. The van der Waals surface area contributed by atoms with Crippen molar-refractivity contribution in [1.82, 2.24) is 14.9 Å². The number of alkyl halides is 1. The second-order valence-electron chi connectivity index (χ2n) is 7.47. The predicted octanol–water partition coefficient (Wildman–Crippen LogP) is 2.37. The number of anilines is 1. The van der Waals surface area contributed by atoms with E-state index in [1.54, 1.807) is 9.47 Å². The third-order valence-electron chi connectivity index (χ3n) is 5.43. The van der Waals surface area contributed by atoms with E-state index in [1.165, 1.54) is 6.20 Å². The molecule has 2 aromatic rings. The molecule has 7 nitrogen and oxygen atoms in total. The molecule has 0 bridgehead atoms. The number of halogens is 3. The Hall–Kier alpha value is -2.26. The fraction of sp³-hybridized carbons (Fsp3) is 0.526. The molecule has 1 aliphatic heterocycles. The number of nitrogens with zero attached hydrogens (tertiary/aromatic N) is 3. The van der Waals surface area contributed by atoms with Crippen molar-refractivity contribution in [2.45, 2.75) is 32.0 Å². The van der Waals surface area contributed by atoms with Gasteiger partial charge in [0.1, 0.15) is 17.4 Å². The SMILES string of the molecule is CCNC[C@H]1CN(c2nc3c(cc2F)c(=O)c(C(=O)O)cn3C2CC2)C[C@H]1F.Cl. The van der Waals surface area contributed by atoms with Crippen LogP contribution in [-0.4, -0.2) is 53.0 Å². The summed E-state index contributed by atoms with van der Waals surface area (Å²) < 4.78 is 30.8. The highest BCUT2D eigenvalue weighted by atomic mass is 35.5. The first-order valence-electron chi connectivity index (χ1n) is 9.49. The summed E-state index contributed by atoms with van der Waals surface area (Å²) in [5.41, 5.74) is -0.907. The number of fused-ring (bicyclic) bond motifs is 1. The van der Waals surface area contributed by atoms with Crippen LogP contribution in [-0.2, 0) is 0 Å². The van der Waals surface area contributed by atoms with Gasteiger partial charge < -0.3 is 19.9 Å². The molecular weight excluding hydrogens is 406 g/mol. The topological polar surface area (TPSA) is 87.5 Å². The summed E-state index contributed by atoms with van der Waals surface area (Å²) in [5, 5.41) is 12.3. The zero-order valence-electron chi connectivity index (χ0n) is 15.9. The van der Waals surface area contributed by atoms with Crippen molar-refractivity contribution in [3.8, 4) is 0 Å². The van der Waals surface area contributed by atoms with E-state index in [9.17, 15) is 23.5 Å². The number of aromatic carboxylic acids is 1. The molecule has 2 N–H and O–H groups in total. The first kappa shape index (κ1) is 21.4. The van der Waals surface area contributed by atoms with Crippen molar-refractivity contribution in [3.05, 3.63) is 33.9 Å². The number of carbonyl (C=O) groups is 1. The summed E-state index contributed by atoms with van der Waals surface area (Å²) in [7, 11) is 0. The van der Waals surface area contributed by atoms with E-state index in [1.807, 2.05) is 6.92 Å². The van der Waals surface area contributed by atoms with Gasteiger partial charge in [0.2, 0.25) is 5.43 Å². The van der Waals surface area contributed by atoms with Crippen LogP contribution >= 0.6 is 12.4 Å². The minimum absolute atomic E-state index is 0. The van der Waals surface area contributed by atoms with E-state index in [0.29, 0.717) is 13.1 Å². The maximum absolute atomic E-state index is 14.8. The second-order valence-corrected chi connectivity index (χ2v) is 7.47. The van der Waals surface area contributed by atoms with Crippen molar-refractivity contribution in [2.75, 3.05) is 31.1 Å². The molecule has 0 aromatic carbocycles. The molecule has 3 heterocycles. The van der Waals surface area contributed by atoms with E-state index >= 15 is 0 Å². The van der Waals surface area contributed by atoms with Gasteiger partial charge >= 0.3 is 5.97 Å². The fourth-order valence-corrected chi connectivity index (χ4v) is 3.77. The molecule has 29 heavy (non-hydrogen) atoms. The second kappa shape index (κ2) is 8.23. The molecule has 2 fully saturated rings. The number of carboxylic acid groups (broad SMARTS) is 1. The maximum atomic E-state index is 14.8. The van der Waals surface area contributed by atoms with E-state index in [-0.39, 0.29) is 47.8 Å². The number of carboxylic acids is 1. The minimum Gasteiger partial charge on any atom is -0.477 e. The number of hydrogen-bond donors (Lipinski definition) is 2. The molecule has 2 aliphatic rings. The molecule has 2 atom stereocenters.